The van der Waals surface area contributed by atoms with E-state index in [1.807, 2.05) is 6.08 Å². The molecule has 9 nitrogen and oxygen atoms in total. The number of hydrogen-bond donors (Lipinski definition) is 2. The smallest absolute Gasteiger partial charge is 0.462 e. The molecule has 0 aliphatic rings. The highest BCUT2D eigenvalue weighted by Gasteiger charge is 2.26. The highest BCUT2D eigenvalue weighted by Crippen LogP contribution is 2.43. The van der Waals surface area contributed by atoms with E-state index < -0.39 is 32.5 Å². The third-order valence-electron chi connectivity index (χ3n) is 16.3. The molecular formula is C81H142NO8P. The Kier molecular flexibility index (Phi) is 72.5. The van der Waals surface area contributed by atoms with Crippen molar-refractivity contribution in [1.29, 1.82) is 0 Å². The van der Waals surface area contributed by atoms with Gasteiger partial charge in [-0.05, 0) is 103 Å². The van der Waals surface area contributed by atoms with Crippen LogP contribution in [-0.4, -0.2) is 49.3 Å². The summed E-state index contributed by atoms with van der Waals surface area (Å²) in [5, 5.41) is 0. The fraction of sp³-hybridized carbons (Fsp3) is 0.728. The molecule has 0 saturated heterocycles. The summed E-state index contributed by atoms with van der Waals surface area (Å²) in [6.45, 7) is 3.59. The summed E-state index contributed by atoms with van der Waals surface area (Å²) in [4.78, 5) is 35.4. The highest BCUT2D eigenvalue weighted by atomic mass is 31.2. The summed E-state index contributed by atoms with van der Waals surface area (Å²) in [6.07, 6.45) is 106. The van der Waals surface area contributed by atoms with E-state index in [2.05, 4.69) is 129 Å². The molecule has 10 heteroatoms. The van der Waals surface area contributed by atoms with E-state index in [0.717, 1.165) is 77.0 Å². The number of allylic oxidation sites excluding steroid dienone is 20. The van der Waals surface area contributed by atoms with Crippen LogP contribution >= 0.6 is 7.82 Å². The lowest BCUT2D eigenvalue weighted by Crippen LogP contribution is -2.29. The van der Waals surface area contributed by atoms with Crippen LogP contribution < -0.4 is 5.73 Å². The molecule has 0 bridgehead atoms. The van der Waals surface area contributed by atoms with Crippen LogP contribution in [0.2, 0.25) is 0 Å². The van der Waals surface area contributed by atoms with E-state index in [-0.39, 0.29) is 32.6 Å². The zero-order valence-corrected chi connectivity index (χ0v) is 59.9. The van der Waals surface area contributed by atoms with Crippen LogP contribution in [0, 0.1) is 0 Å². The van der Waals surface area contributed by atoms with Gasteiger partial charge < -0.3 is 20.1 Å². The molecule has 2 unspecified atom stereocenters. The van der Waals surface area contributed by atoms with Crippen LogP contribution in [-0.2, 0) is 32.7 Å². The van der Waals surface area contributed by atoms with Gasteiger partial charge in [0.2, 0.25) is 0 Å². The zero-order chi connectivity index (χ0) is 65.8. The quantitative estimate of drug-likeness (QED) is 0.0264. The topological polar surface area (TPSA) is 134 Å². The molecular weight excluding hydrogens is 1150 g/mol. The number of phosphoric ester groups is 1. The molecule has 0 saturated carbocycles. The molecule has 2 atom stereocenters. The number of carbonyl (C=O) groups is 2. The van der Waals surface area contributed by atoms with Gasteiger partial charge in [0.15, 0.2) is 6.10 Å². The summed E-state index contributed by atoms with van der Waals surface area (Å²) in [7, 11) is -4.42. The molecule has 0 fully saturated rings. The van der Waals surface area contributed by atoms with Crippen LogP contribution in [0.15, 0.2) is 122 Å². The van der Waals surface area contributed by atoms with Gasteiger partial charge in [0.05, 0.1) is 13.2 Å². The number of esters is 2. The first-order chi connectivity index (χ1) is 44.8. The average molecular weight is 1290 g/mol. The normalized spacial score (nSPS) is 13.6. The van der Waals surface area contributed by atoms with Crippen LogP contribution in [0.5, 0.6) is 0 Å². The average Bonchev–Trinajstić information content (AvgIpc) is 3.68. The summed E-state index contributed by atoms with van der Waals surface area (Å²) >= 11 is 0. The minimum atomic E-state index is -4.42. The lowest BCUT2D eigenvalue weighted by molar-refractivity contribution is -0.161. The Morgan fingerprint density at radius 2 is 0.615 bits per heavy atom. The summed E-state index contributed by atoms with van der Waals surface area (Å²) in [5.74, 6) is -0.893. The second-order valence-corrected chi connectivity index (χ2v) is 26.6. The van der Waals surface area contributed by atoms with Gasteiger partial charge in [0.1, 0.15) is 6.61 Å². The molecule has 0 amide bonds. The molecule has 0 spiro atoms. The second-order valence-electron chi connectivity index (χ2n) is 25.1. The molecule has 0 aliphatic carbocycles. The monoisotopic (exact) mass is 1290 g/mol. The number of phosphoric acid groups is 1. The van der Waals surface area contributed by atoms with Crippen molar-refractivity contribution in [3.63, 3.8) is 0 Å². The van der Waals surface area contributed by atoms with Gasteiger partial charge >= 0.3 is 19.8 Å². The first kappa shape index (κ1) is 87.4. The number of ether oxygens (including phenoxy) is 2. The molecule has 524 valence electrons. The fourth-order valence-electron chi connectivity index (χ4n) is 10.8. The van der Waals surface area contributed by atoms with Gasteiger partial charge in [-0.1, -0.05) is 354 Å². The molecule has 0 rings (SSSR count). The van der Waals surface area contributed by atoms with Crippen LogP contribution in [0.1, 0.15) is 348 Å². The Hall–Kier alpha value is -3.59. The van der Waals surface area contributed by atoms with E-state index in [4.69, 9.17) is 24.3 Å². The predicted octanol–water partition coefficient (Wildman–Crippen LogP) is 25.4. The molecule has 0 heterocycles. The third kappa shape index (κ3) is 75.3. The third-order valence-corrected chi connectivity index (χ3v) is 17.3. The maximum Gasteiger partial charge on any atom is 0.472 e. The molecule has 0 aromatic carbocycles. The van der Waals surface area contributed by atoms with E-state index in [1.165, 1.54) is 231 Å². The van der Waals surface area contributed by atoms with Gasteiger partial charge in [0, 0.05) is 19.4 Å². The number of carbonyl (C=O) groups excluding carboxylic acids is 2. The van der Waals surface area contributed by atoms with Gasteiger partial charge in [-0.25, -0.2) is 4.57 Å². The van der Waals surface area contributed by atoms with Crippen LogP contribution in [0.3, 0.4) is 0 Å². The standard InChI is InChI=1S/C81H142NO8P/c1-3-5-7-9-11-13-15-17-19-21-23-25-27-29-31-33-34-35-36-37-38-39-40-41-42-43-44-46-47-49-51-53-55-57-59-61-63-65-67-69-71-73-80(83)87-77-79(78-89-91(85,86)88-76-75-82)90-81(84)74-72-70-68-66-64-62-60-58-56-54-52-50-48-45-32-30-28-26-24-22-20-18-16-14-12-10-8-6-4-2/h6,8,12,14,18,20-21,23-24,26,30,32,48,50,54,56,60,62,66,68,79H,3-5,7,9-11,13,15-17,19,22,25,27-29,31,33-47,49,51-53,55,57-59,61,63-65,67,69-78,82H2,1-2H3,(H,85,86)/b8-6-,14-12-,20-18-,23-21-,26-24-,32-30-,50-48-,56-54-,62-60-,68-66-. The zero-order valence-electron chi connectivity index (χ0n) is 59.1. The van der Waals surface area contributed by atoms with Gasteiger partial charge in [-0.3, -0.25) is 18.6 Å². The van der Waals surface area contributed by atoms with Crippen molar-refractivity contribution < 1.29 is 37.6 Å². The largest absolute Gasteiger partial charge is 0.472 e. The lowest BCUT2D eigenvalue weighted by Gasteiger charge is -2.19. The first-order valence-electron chi connectivity index (χ1n) is 38.0. The van der Waals surface area contributed by atoms with Crippen molar-refractivity contribution in [3.05, 3.63) is 122 Å². The molecule has 0 aliphatic heterocycles. The number of nitrogens with two attached hydrogens (primary N) is 1. The number of unbranched alkanes of at least 4 members (excludes halogenated alkanes) is 38. The molecule has 3 N–H and O–H groups in total. The number of hydrogen-bond acceptors (Lipinski definition) is 8. The minimum Gasteiger partial charge on any atom is -0.462 e. The van der Waals surface area contributed by atoms with E-state index in [0.29, 0.717) is 12.8 Å². The van der Waals surface area contributed by atoms with Crippen molar-refractivity contribution in [3.8, 4) is 0 Å². The van der Waals surface area contributed by atoms with Crippen molar-refractivity contribution >= 4 is 19.8 Å². The van der Waals surface area contributed by atoms with Crippen molar-refractivity contribution in [2.75, 3.05) is 26.4 Å². The Labute approximate surface area is 561 Å². The lowest BCUT2D eigenvalue weighted by atomic mass is 10.0. The van der Waals surface area contributed by atoms with Crippen molar-refractivity contribution in [2.45, 2.75) is 354 Å². The molecule has 0 aromatic rings. The molecule has 0 aromatic heterocycles. The van der Waals surface area contributed by atoms with Crippen LogP contribution in [0.4, 0.5) is 0 Å². The Morgan fingerprint density at radius 3 is 0.945 bits per heavy atom. The summed E-state index contributed by atoms with van der Waals surface area (Å²) in [6, 6.07) is 0. The number of rotatable bonds is 71. The SMILES string of the molecule is CC/C=C\C/C=C\C/C=C\C/C=C\C/C=C\C/C=C\C/C=C\C/C=C\C/C=C\CCCC(=O)OC(COC(=O)CCCCCCCCCCCCCCCCCCCCCCCCCCCCCCC/C=C\CCCCCCCCCC)COP(=O)(O)OCCN. The van der Waals surface area contributed by atoms with Gasteiger partial charge in [-0.2, -0.15) is 0 Å². The second kappa shape index (κ2) is 75.4. The Morgan fingerprint density at radius 1 is 0.341 bits per heavy atom. The highest BCUT2D eigenvalue weighted by molar-refractivity contribution is 7.47. The summed E-state index contributed by atoms with van der Waals surface area (Å²) < 4.78 is 33.1. The molecule has 0 radical (unpaired) electrons. The summed E-state index contributed by atoms with van der Waals surface area (Å²) in [5.41, 5.74) is 5.40. The van der Waals surface area contributed by atoms with E-state index >= 15 is 0 Å². The first-order valence-corrected chi connectivity index (χ1v) is 39.5. The fourth-order valence-corrected chi connectivity index (χ4v) is 11.5. The van der Waals surface area contributed by atoms with Gasteiger partial charge in [-0.15, -0.1) is 0 Å². The predicted molar refractivity (Wildman–Crippen MR) is 394 cm³/mol. The molecule has 91 heavy (non-hydrogen) atoms. The van der Waals surface area contributed by atoms with Crippen molar-refractivity contribution in [2.24, 2.45) is 5.73 Å². The Bertz CT molecular complexity index is 1910. The maximum absolute atomic E-state index is 12.7. The maximum atomic E-state index is 12.7. The van der Waals surface area contributed by atoms with E-state index in [1.54, 1.807) is 0 Å². The van der Waals surface area contributed by atoms with E-state index in [9.17, 15) is 19.0 Å². The van der Waals surface area contributed by atoms with Gasteiger partial charge in [0.25, 0.3) is 0 Å². The minimum absolute atomic E-state index is 0.0393. The van der Waals surface area contributed by atoms with Crippen molar-refractivity contribution in [1.82, 2.24) is 0 Å². The van der Waals surface area contributed by atoms with Crippen LogP contribution in [0.25, 0.3) is 0 Å². The Balaban J connectivity index is 3.86.